The molecule has 3 atom stereocenters. The molecule has 1 fully saturated rings. The number of nitrogens with two attached hydrogens (primary N) is 1. The zero-order valence-corrected chi connectivity index (χ0v) is 12.6. The van der Waals surface area contributed by atoms with E-state index in [0.717, 1.165) is 19.3 Å². The van der Waals surface area contributed by atoms with Gasteiger partial charge < -0.3 is 10.5 Å². The fourth-order valence-electron chi connectivity index (χ4n) is 3.58. The number of carbonyl (C=O) groups excluding carboxylic acids is 2. The number of carbonyl (C=O) groups is 2. The highest BCUT2D eigenvalue weighted by molar-refractivity contribution is 5.79. The van der Waals surface area contributed by atoms with Crippen molar-refractivity contribution in [3.8, 4) is 0 Å². The van der Waals surface area contributed by atoms with Crippen molar-refractivity contribution >= 4 is 11.9 Å². The summed E-state index contributed by atoms with van der Waals surface area (Å²) in [5.74, 6) is 0.0548. The molecule has 0 bridgehead atoms. The predicted octanol–water partition coefficient (Wildman–Crippen LogP) is 2.50. The van der Waals surface area contributed by atoms with Crippen molar-refractivity contribution in [2.45, 2.75) is 53.4 Å². The summed E-state index contributed by atoms with van der Waals surface area (Å²) < 4.78 is 5.09. The first-order valence-electron chi connectivity index (χ1n) is 7.28. The number of hydrogen-bond donors (Lipinski definition) is 1. The molecule has 0 saturated heterocycles. The maximum atomic E-state index is 11.9. The second-order valence-corrected chi connectivity index (χ2v) is 6.21. The van der Waals surface area contributed by atoms with Gasteiger partial charge in [-0.1, -0.05) is 20.8 Å². The Morgan fingerprint density at radius 1 is 1.37 bits per heavy atom. The molecule has 2 N–H and O–H groups in total. The predicted molar refractivity (Wildman–Crippen MR) is 74.2 cm³/mol. The van der Waals surface area contributed by atoms with E-state index >= 15 is 0 Å². The van der Waals surface area contributed by atoms with Gasteiger partial charge in [0.05, 0.1) is 13.0 Å². The zero-order chi connectivity index (χ0) is 14.6. The third kappa shape index (κ3) is 3.48. The molecule has 0 spiro atoms. The molecular weight excluding hydrogens is 242 g/mol. The lowest BCUT2D eigenvalue weighted by Crippen LogP contribution is -2.48. The average molecular weight is 269 g/mol. The molecule has 1 aliphatic carbocycles. The summed E-state index contributed by atoms with van der Waals surface area (Å²) in [6.07, 6.45) is 2.96. The molecule has 1 saturated carbocycles. The fraction of sp³-hybridized carbons (Fsp3) is 0.867. The van der Waals surface area contributed by atoms with Crippen molar-refractivity contribution in [3.63, 3.8) is 0 Å². The number of ether oxygens (including phenoxy) is 1. The van der Waals surface area contributed by atoms with Crippen LogP contribution in [0.4, 0.5) is 0 Å². The Balaban J connectivity index is 3.03. The Bertz CT molecular complexity index is 340. The maximum absolute atomic E-state index is 11.9. The standard InChI is InChI=1S/C15H27NO3/c1-5-19-13(17)9-15(10(2)3)8-11(4)6-7-12(15)14(16)18/h10-12H,5-9H2,1-4H3,(H2,16,18). The smallest absolute Gasteiger partial charge is 0.306 e. The molecule has 19 heavy (non-hydrogen) atoms. The van der Waals surface area contributed by atoms with Crippen molar-refractivity contribution in [2.75, 3.05) is 6.61 Å². The molecule has 0 aromatic carbocycles. The summed E-state index contributed by atoms with van der Waals surface area (Å²) in [4.78, 5) is 23.7. The quantitative estimate of drug-likeness (QED) is 0.780. The lowest BCUT2D eigenvalue weighted by atomic mass is 9.56. The summed E-state index contributed by atoms with van der Waals surface area (Å²) in [5, 5.41) is 0. The van der Waals surface area contributed by atoms with Crippen LogP contribution in [0.25, 0.3) is 0 Å². The SMILES string of the molecule is CCOC(=O)CC1(C(C)C)CC(C)CCC1C(N)=O. The Morgan fingerprint density at radius 3 is 2.47 bits per heavy atom. The lowest BCUT2D eigenvalue weighted by molar-refractivity contribution is -0.152. The molecule has 1 rings (SSSR count). The van der Waals surface area contributed by atoms with Crippen molar-refractivity contribution < 1.29 is 14.3 Å². The van der Waals surface area contributed by atoms with Gasteiger partial charge in [0, 0.05) is 5.92 Å². The van der Waals surface area contributed by atoms with E-state index in [2.05, 4.69) is 20.8 Å². The van der Waals surface area contributed by atoms with Crippen LogP contribution >= 0.6 is 0 Å². The summed E-state index contributed by atoms with van der Waals surface area (Å²) in [5.41, 5.74) is 5.25. The van der Waals surface area contributed by atoms with Gasteiger partial charge in [-0.2, -0.15) is 0 Å². The van der Waals surface area contributed by atoms with Crippen molar-refractivity contribution in [3.05, 3.63) is 0 Å². The van der Waals surface area contributed by atoms with Crippen LogP contribution in [0.5, 0.6) is 0 Å². The van der Waals surface area contributed by atoms with E-state index in [9.17, 15) is 9.59 Å². The van der Waals surface area contributed by atoms with E-state index in [-0.39, 0.29) is 29.1 Å². The molecule has 0 aliphatic heterocycles. The third-order valence-corrected chi connectivity index (χ3v) is 4.64. The Hall–Kier alpha value is -1.06. The van der Waals surface area contributed by atoms with E-state index < -0.39 is 0 Å². The molecule has 0 heterocycles. The van der Waals surface area contributed by atoms with E-state index in [4.69, 9.17) is 10.5 Å². The number of esters is 1. The van der Waals surface area contributed by atoms with E-state index in [0.29, 0.717) is 18.9 Å². The maximum Gasteiger partial charge on any atom is 0.306 e. The highest BCUT2D eigenvalue weighted by Crippen LogP contribution is 2.51. The van der Waals surface area contributed by atoms with Crippen LogP contribution in [-0.2, 0) is 14.3 Å². The van der Waals surface area contributed by atoms with Crippen LogP contribution in [-0.4, -0.2) is 18.5 Å². The normalized spacial score (nSPS) is 31.2. The summed E-state index contributed by atoms with van der Waals surface area (Å²) in [7, 11) is 0. The van der Waals surface area contributed by atoms with Gasteiger partial charge in [-0.25, -0.2) is 0 Å². The van der Waals surface area contributed by atoms with Crippen LogP contribution in [0.3, 0.4) is 0 Å². The number of rotatable bonds is 5. The van der Waals surface area contributed by atoms with Gasteiger partial charge >= 0.3 is 5.97 Å². The number of primary amides is 1. The first-order valence-corrected chi connectivity index (χ1v) is 7.28. The molecule has 0 radical (unpaired) electrons. The van der Waals surface area contributed by atoms with Gasteiger partial charge in [0.25, 0.3) is 0 Å². The van der Waals surface area contributed by atoms with Crippen molar-refractivity contribution in [1.82, 2.24) is 0 Å². The summed E-state index contributed by atoms with van der Waals surface area (Å²) >= 11 is 0. The van der Waals surface area contributed by atoms with Crippen LogP contribution in [0.2, 0.25) is 0 Å². The zero-order valence-electron chi connectivity index (χ0n) is 12.6. The van der Waals surface area contributed by atoms with Gasteiger partial charge in [-0.05, 0) is 43.4 Å². The van der Waals surface area contributed by atoms with Crippen LogP contribution in [0.1, 0.15) is 53.4 Å². The summed E-state index contributed by atoms with van der Waals surface area (Å²) in [6.45, 7) is 8.51. The molecule has 4 heteroatoms. The minimum Gasteiger partial charge on any atom is -0.466 e. The monoisotopic (exact) mass is 269 g/mol. The van der Waals surface area contributed by atoms with Gasteiger partial charge in [0.2, 0.25) is 5.91 Å². The first-order chi connectivity index (χ1) is 8.83. The molecule has 3 unspecified atom stereocenters. The van der Waals surface area contributed by atoms with Crippen molar-refractivity contribution in [1.29, 1.82) is 0 Å². The second kappa shape index (κ2) is 6.40. The fourth-order valence-corrected chi connectivity index (χ4v) is 3.58. The molecule has 0 aromatic rings. The topological polar surface area (TPSA) is 69.4 Å². The molecule has 1 amide bonds. The third-order valence-electron chi connectivity index (χ3n) is 4.64. The van der Waals surface area contributed by atoms with E-state index in [1.54, 1.807) is 6.92 Å². The van der Waals surface area contributed by atoms with Gasteiger partial charge in [0.15, 0.2) is 0 Å². The van der Waals surface area contributed by atoms with E-state index in [1.807, 2.05) is 0 Å². The Morgan fingerprint density at radius 2 is 2.00 bits per heavy atom. The van der Waals surface area contributed by atoms with Crippen LogP contribution in [0.15, 0.2) is 0 Å². The molecule has 110 valence electrons. The van der Waals surface area contributed by atoms with E-state index in [1.165, 1.54) is 0 Å². The summed E-state index contributed by atoms with van der Waals surface area (Å²) in [6, 6.07) is 0. The van der Waals surface area contributed by atoms with Crippen molar-refractivity contribution in [2.24, 2.45) is 28.9 Å². The average Bonchev–Trinajstić information content (AvgIpc) is 2.28. The molecule has 0 aromatic heterocycles. The second-order valence-electron chi connectivity index (χ2n) is 6.21. The van der Waals surface area contributed by atoms with Crippen LogP contribution in [0, 0.1) is 23.2 Å². The minimum absolute atomic E-state index is 0.212. The number of hydrogen-bond acceptors (Lipinski definition) is 3. The first kappa shape index (κ1) is 16.0. The Kier molecular flexibility index (Phi) is 5.39. The Labute approximate surface area is 116 Å². The van der Waals surface area contributed by atoms with Gasteiger partial charge in [-0.3, -0.25) is 9.59 Å². The minimum atomic E-state index is -0.338. The van der Waals surface area contributed by atoms with Crippen LogP contribution < -0.4 is 5.73 Å². The molecule has 1 aliphatic rings. The van der Waals surface area contributed by atoms with Gasteiger partial charge in [0.1, 0.15) is 0 Å². The lowest BCUT2D eigenvalue weighted by Gasteiger charge is -2.47. The molecule has 4 nitrogen and oxygen atoms in total. The highest BCUT2D eigenvalue weighted by Gasteiger charge is 2.49. The largest absolute Gasteiger partial charge is 0.466 e. The highest BCUT2D eigenvalue weighted by atomic mass is 16.5. The number of amides is 1. The molecular formula is C15H27NO3. The van der Waals surface area contributed by atoms with Gasteiger partial charge in [-0.15, -0.1) is 0 Å².